The number of benzene rings is 1. The quantitative estimate of drug-likeness (QED) is 0.108. The van der Waals surface area contributed by atoms with Crippen molar-refractivity contribution >= 4 is 64.2 Å². The first kappa shape index (κ1) is 42.9. The molecule has 0 radical (unpaired) electrons. The number of rotatable bonds is 4. The summed E-state index contributed by atoms with van der Waals surface area (Å²) in [6, 6.07) is 10.3. The van der Waals surface area contributed by atoms with Gasteiger partial charge in [-0.3, -0.25) is 24.2 Å². The van der Waals surface area contributed by atoms with Gasteiger partial charge in [-0.1, -0.05) is 16.8 Å². The average molecular weight is 823 g/mol. The van der Waals surface area contributed by atoms with E-state index in [9.17, 15) is 53.9 Å². The number of anilines is 5. The molecule has 4 aromatic rings. The van der Waals surface area contributed by atoms with Crippen LogP contribution in [0.4, 0.5) is 68.3 Å². The highest BCUT2D eigenvalue weighted by molar-refractivity contribution is 6.41. The third-order valence-electron chi connectivity index (χ3n) is 7.69. The lowest BCUT2D eigenvalue weighted by atomic mass is 10.00. The molecule has 3 N–H and O–H groups in total. The van der Waals surface area contributed by atoms with E-state index in [-0.39, 0.29) is 11.9 Å². The minimum absolute atomic E-state index is 0.0781. The molecule has 300 valence electrons. The molecule has 5 heterocycles. The summed E-state index contributed by atoms with van der Waals surface area (Å²) in [5, 5.41) is 14.6. The fourth-order valence-electron chi connectivity index (χ4n) is 5.11. The number of alkyl halides is 9. The van der Waals surface area contributed by atoms with E-state index in [1.54, 1.807) is 25.4 Å². The van der Waals surface area contributed by atoms with Crippen molar-refractivity contribution in [1.29, 1.82) is 0 Å². The Kier molecular flexibility index (Phi) is 13.6. The van der Waals surface area contributed by atoms with E-state index in [1.807, 2.05) is 17.2 Å². The van der Waals surface area contributed by atoms with E-state index < -0.39 is 36.4 Å². The first-order valence-corrected chi connectivity index (χ1v) is 16.4. The van der Waals surface area contributed by atoms with Gasteiger partial charge in [-0.25, -0.2) is 4.98 Å². The molecule has 0 atom stereocenters. The Morgan fingerprint density at radius 2 is 1.54 bits per heavy atom. The molecule has 1 aromatic carbocycles. The molecular formula is C33H28ClF9N8O5. The van der Waals surface area contributed by atoms with Gasteiger partial charge in [0.1, 0.15) is 10.8 Å². The largest absolute Gasteiger partial charge is 0.458 e. The van der Waals surface area contributed by atoms with Gasteiger partial charge in [0.15, 0.2) is 11.5 Å². The zero-order chi connectivity index (χ0) is 41.4. The topological polar surface area (TPSA) is 172 Å². The Hall–Kier alpha value is -5.80. The SMILES string of the molecule is Cc1cc(C(=O)N2CCC(Nc3ccc4cc3CCc3cncc(c3)Nc3ncc(Cl)c(n3)N4)CC2)no1.O=C(C(=O)C(F)(F)F)C(F)(F)F.O=CC(F)(F)F. The highest BCUT2D eigenvalue weighted by Gasteiger charge is 2.54. The molecule has 6 bridgehead atoms. The van der Waals surface area contributed by atoms with Crippen molar-refractivity contribution in [2.75, 3.05) is 29.0 Å². The van der Waals surface area contributed by atoms with Crippen molar-refractivity contribution in [3.8, 4) is 0 Å². The number of carbonyl (C=O) groups excluding carboxylic acids is 4. The van der Waals surface area contributed by atoms with Gasteiger partial charge in [-0.15, -0.1) is 0 Å². The molecule has 0 saturated carbocycles. The lowest BCUT2D eigenvalue weighted by Crippen LogP contribution is -2.42. The number of aldehydes is 1. The van der Waals surface area contributed by atoms with Gasteiger partial charge in [-0.2, -0.15) is 44.5 Å². The molecule has 2 aliphatic heterocycles. The van der Waals surface area contributed by atoms with E-state index in [1.165, 1.54) is 5.56 Å². The molecule has 56 heavy (non-hydrogen) atoms. The third kappa shape index (κ3) is 12.4. The van der Waals surface area contributed by atoms with Crippen molar-refractivity contribution in [1.82, 2.24) is 25.0 Å². The standard InChI is InChI=1S/C27H27ClN8O2.C4F6O2.C2HF3O/c1-16-10-24(35-38-16)26(37)36-8-6-19(7-9-36)31-23-5-4-20-12-18(23)3-2-17-11-21(14-29-13-17)33-27-30-15-22(28)25(32-20)34-27;5-3(6,7)1(11)2(12)4(8,9)10;3-2(4,5)1-6/h4-5,10-15,19,31H,2-3,6-9H2,1H3,(H2,30,32,33,34);;1H. The maximum atomic E-state index is 12.7. The van der Waals surface area contributed by atoms with Gasteiger partial charge in [0.05, 0.1) is 18.1 Å². The molecule has 0 aliphatic carbocycles. The van der Waals surface area contributed by atoms with Crippen LogP contribution in [-0.4, -0.2) is 86.4 Å². The number of hydrogen-bond acceptors (Lipinski definition) is 12. The number of amides is 1. The number of aromatic nitrogens is 4. The number of halogens is 10. The number of nitrogens with one attached hydrogen (secondary N) is 3. The van der Waals surface area contributed by atoms with Crippen LogP contribution < -0.4 is 16.0 Å². The highest BCUT2D eigenvalue weighted by Crippen LogP contribution is 2.31. The number of aryl methyl sites for hydroxylation is 3. The Labute approximate surface area is 315 Å². The van der Waals surface area contributed by atoms with Gasteiger partial charge >= 0.3 is 30.1 Å². The van der Waals surface area contributed by atoms with Crippen molar-refractivity contribution in [3.05, 3.63) is 76.5 Å². The normalized spacial score (nSPS) is 14.4. The number of pyridine rings is 1. The predicted molar refractivity (Wildman–Crippen MR) is 180 cm³/mol. The summed E-state index contributed by atoms with van der Waals surface area (Å²) < 4.78 is 103. The number of carbonyl (C=O) groups is 4. The second-order valence-corrected chi connectivity index (χ2v) is 12.3. The fourth-order valence-corrected chi connectivity index (χ4v) is 5.24. The van der Waals surface area contributed by atoms with Gasteiger partial charge in [0.25, 0.3) is 5.91 Å². The molecule has 0 unspecified atom stereocenters. The number of likely N-dealkylation sites (tertiary alicyclic amines) is 1. The van der Waals surface area contributed by atoms with Crippen LogP contribution in [0, 0.1) is 6.92 Å². The molecule has 23 heteroatoms. The molecule has 2 aliphatic rings. The minimum Gasteiger partial charge on any atom is -0.382 e. The monoisotopic (exact) mass is 822 g/mol. The number of ketones is 2. The van der Waals surface area contributed by atoms with E-state index >= 15 is 0 Å². The van der Waals surface area contributed by atoms with Crippen LogP contribution in [0.15, 0.2) is 53.4 Å². The molecule has 13 nitrogen and oxygen atoms in total. The first-order valence-electron chi connectivity index (χ1n) is 16.0. The van der Waals surface area contributed by atoms with Gasteiger partial charge in [0.2, 0.25) is 12.2 Å². The zero-order valence-electron chi connectivity index (χ0n) is 28.6. The van der Waals surface area contributed by atoms with E-state index in [0.717, 1.165) is 48.3 Å². The summed E-state index contributed by atoms with van der Waals surface area (Å²) in [7, 11) is 0. The smallest absolute Gasteiger partial charge is 0.382 e. The molecular weight excluding hydrogens is 795 g/mol. The van der Waals surface area contributed by atoms with Crippen molar-refractivity contribution in [2.24, 2.45) is 0 Å². The molecule has 1 fully saturated rings. The fraction of sp³-hybridized carbons (Fsp3) is 0.333. The summed E-state index contributed by atoms with van der Waals surface area (Å²) in [6.07, 6.45) is -8.69. The van der Waals surface area contributed by atoms with Crippen molar-refractivity contribution in [3.63, 3.8) is 0 Å². The Balaban J connectivity index is 0.000000323. The van der Waals surface area contributed by atoms with E-state index in [4.69, 9.17) is 20.9 Å². The van der Waals surface area contributed by atoms with Crippen LogP contribution in [0.1, 0.15) is 40.2 Å². The molecule has 1 amide bonds. The van der Waals surface area contributed by atoms with Crippen molar-refractivity contribution in [2.45, 2.75) is 57.2 Å². The molecule has 0 spiro atoms. The van der Waals surface area contributed by atoms with Crippen LogP contribution in [-0.2, 0) is 27.2 Å². The summed E-state index contributed by atoms with van der Waals surface area (Å²) in [5.41, 5.74) is 5.45. The second kappa shape index (κ2) is 17.8. The van der Waals surface area contributed by atoms with Crippen molar-refractivity contribution < 1.29 is 63.2 Å². The minimum atomic E-state index is -5.77. The Morgan fingerprint density at radius 1 is 0.893 bits per heavy atom. The van der Waals surface area contributed by atoms with E-state index in [2.05, 4.69) is 54.3 Å². The lowest BCUT2D eigenvalue weighted by Gasteiger charge is -2.33. The highest BCUT2D eigenvalue weighted by atomic mass is 35.5. The van der Waals surface area contributed by atoms with Crippen LogP contribution >= 0.6 is 11.6 Å². The van der Waals surface area contributed by atoms with Gasteiger partial charge in [0, 0.05) is 42.8 Å². The number of piperidine rings is 1. The molecule has 1 saturated heterocycles. The maximum Gasteiger partial charge on any atom is 0.458 e. The number of Topliss-reactive ketones (excluding diaryl/α,β-unsaturated/α-hetero) is 2. The van der Waals surface area contributed by atoms with Gasteiger partial charge in [-0.05, 0) is 68.0 Å². The van der Waals surface area contributed by atoms with Crippen LogP contribution in [0.5, 0.6) is 0 Å². The summed E-state index contributed by atoms with van der Waals surface area (Å²) in [4.78, 5) is 55.8. The average Bonchev–Trinajstić information content (AvgIpc) is 3.58. The second-order valence-electron chi connectivity index (χ2n) is 11.9. The maximum absolute atomic E-state index is 12.7. The number of hydrogen-bond donors (Lipinski definition) is 3. The summed E-state index contributed by atoms with van der Waals surface area (Å²) in [6.45, 7) is 3.12. The number of fused-ring (bicyclic) bond motifs is 6. The van der Waals surface area contributed by atoms with E-state index in [0.29, 0.717) is 41.3 Å². The van der Waals surface area contributed by atoms with Crippen LogP contribution in [0.3, 0.4) is 0 Å². The van der Waals surface area contributed by atoms with Crippen LogP contribution in [0.25, 0.3) is 0 Å². The van der Waals surface area contributed by atoms with Gasteiger partial charge < -0.3 is 25.4 Å². The first-order chi connectivity index (χ1) is 26.1. The lowest BCUT2D eigenvalue weighted by molar-refractivity contribution is -0.193. The predicted octanol–water partition coefficient (Wildman–Crippen LogP) is 7.12. The Bertz CT molecular complexity index is 2030. The molecule has 6 rings (SSSR count). The molecule has 3 aromatic heterocycles. The van der Waals surface area contributed by atoms with Crippen LogP contribution in [0.2, 0.25) is 5.02 Å². The third-order valence-corrected chi connectivity index (χ3v) is 7.97. The summed E-state index contributed by atoms with van der Waals surface area (Å²) >= 11 is 6.39. The Morgan fingerprint density at radius 3 is 2.11 bits per heavy atom. The zero-order valence-corrected chi connectivity index (χ0v) is 29.3. The number of nitrogens with zero attached hydrogens (tertiary/aromatic N) is 5. The summed E-state index contributed by atoms with van der Waals surface area (Å²) in [5.74, 6) is -5.29.